The van der Waals surface area contributed by atoms with Crippen molar-refractivity contribution in [2.24, 2.45) is 0 Å². The molecule has 1 unspecified atom stereocenters. The van der Waals surface area contributed by atoms with Crippen LogP contribution in [0, 0.1) is 0 Å². The van der Waals surface area contributed by atoms with Gasteiger partial charge in [-0.1, -0.05) is 6.42 Å². The van der Waals surface area contributed by atoms with E-state index in [1.54, 1.807) is 19.1 Å². The number of aliphatic carboxylic acids is 1. The maximum atomic E-state index is 11.7. The normalized spacial score (nSPS) is 11.9. The zero-order valence-corrected chi connectivity index (χ0v) is 11.4. The number of urea groups is 1. The van der Waals surface area contributed by atoms with Crippen molar-refractivity contribution in [1.82, 2.24) is 10.2 Å². The molecular weight excluding hydrogens is 236 g/mol. The zero-order chi connectivity index (χ0) is 14.0. The standard InChI is InChI=1S/C12H24N2O4/c1-10(9-18-3)14(2)12(17)13-8-6-4-5-7-11(15)16/h10H,4-9H2,1-3H3,(H,13,17)(H,15,16). The van der Waals surface area contributed by atoms with Crippen molar-refractivity contribution >= 4 is 12.0 Å². The fourth-order valence-electron chi connectivity index (χ4n) is 1.45. The monoisotopic (exact) mass is 260 g/mol. The number of amides is 2. The van der Waals surface area contributed by atoms with Crippen LogP contribution in [0.4, 0.5) is 4.79 Å². The topological polar surface area (TPSA) is 78.9 Å². The summed E-state index contributed by atoms with van der Waals surface area (Å²) in [7, 11) is 3.33. The summed E-state index contributed by atoms with van der Waals surface area (Å²) in [6, 6.07) is -0.0974. The lowest BCUT2D eigenvalue weighted by Crippen LogP contribution is -2.44. The molecule has 0 aromatic carbocycles. The first-order valence-electron chi connectivity index (χ1n) is 6.20. The number of rotatable bonds is 9. The number of hydrogen-bond donors (Lipinski definition) is 2. The third kappa shape index (κ3) is 7.89. The number of carbonyl (C=O) groups is 2. The number of likely N-dealkylation sites (N-methyl/N-ethyl adjacent to an activating group) is 1. The second-order valence-corrected chi connectivity index (χ2v) is 4.35. The summed E-state index contributed by atoms with van der Waals surface area (Å²) in [6.45, 7) is 2.99. The van der Waals surface area contributed by atoms with Gasteiger partial charge in [0.25, 0.3) is 0 Å². The van der Waals surface area contributed by atoms with Crippen LogP contribution in [-0.4, -0.2) is 55.4 Å². The van der Waals surface area contributed by atoms with Gasteiger partial charge in [0.15, 0.2) is 0 Å². The molecule has 0 bridgehead atoms. The molecule has 106 valence electrons. The molecular formula is C12H24N2O4. The second kappa shape index (κ2) is 9.70. The maximum absolute atomic E-state index is 11.7. The number of nitrogens with zero attached hydrogens (tertiary/aromatic N) is 1. The van der Waals surface area contributed by atoms with E-state index in [0.717, 1.165) is 12.8 Å². The average molecular weight is 260 g/mol. The van der Waals surface area contributed by atoms with Gasteiger partial charge in [0.1, 0.15) is 0 Å². The highest BCUT2D eigenvalue weighted by Crippen LogP contribution is 2.00. The Balaban J connectivity index is 3.60. The molecule has 0 spiro atoms. The van der Waals surface area contributed by atoms with Gasteiger partial charge in [-0.2, -0.15) is 0 Å². The van der Waals surface area contributed by atoms with E-state index in [-0.39, 0.29) is 18.5 Å². The van der Waals surface area contributed by atoms with Gasteiger partial charge >= 0.3 is 12.0 Å². The van der Waals surface area contributed by atoms with Crippen LogP contribution in [0.3, 0.4) is 0 Å². The summed E-state index contributed by atoms with van der Waals surface area (Å²) in [5, 5.41) is 11.2. The molecule has 0 saturated heterocycles. The fourth-order valence-corrected chi connectivity index (χ4v) is 1.45. The highest BCUT2D eigenvalue weighted by Gasteiger charge is 2.14. The minimum absolute atomic E-state index is 0.0296. The van der Waals surface area contributed by atoms with Gasteiger partial charge in [0.05, 0.1) is 12.6 Å². The molecule has 0 radical (unpaired) electrons. The fraction of sp³-hybridized carbons (Fsp3) is 0.833. The van der Waals surface area contributed by atoms with E-state index in [1.165, 1.54) is 0 Å². The molecule has 18 heavy (non-hydrogen) atoms. The summed E-state index contributed by atoms with van der Waals surface area (Å²) in [5.74, 6) is -0.771. The van der Waals surface area contributed by atoms with Crippen LogP contribution < -0.4 is 5.32 Å². The van der Waals surface area contributed by atoms with Crippen LogP contribution in [-0.2, 0) is 9.53 Å². The summed E-state index contributed by atoms with van der Waals surface area (Å²) in [4.78, 5) is 23.5. The Morgan fingerprint density at radius 2 is 2.00 bits per heavy atom. The van der Waals surface area contributed by atoms with E-state index in [1.807, 2.05) is 6.92 Å². The summed E-state index contributed by atoms with van der Waals surface area (Å²) >= 11 is 0. The van der Waals surface area contributed by atoms with E-state index < -0.39 is 5.97 Å². The second-order valence-electron chi connectivity index (χ2n) is 4.35. The first-order chi connectivity index (χ1) is 8.49. The Bertz CT molecular complexity index is 258. The van der Waals surface area contributed by atoms with Crippen molar-refractivity contribution in [2.45, 2.75) is 38.6 Å². The first-order valence-corrected chi connectivity index (χ1v) is 6.20. The third-order valence-corrected chi connectivity index (χ3v) is 2.73. The van der Waals surface area contributed by atoms with Gasteiger partial charge in [0.2, 0.25) is 0 Å². The Kier molecular flexibility index (Phi) is 9.00. The molecule has 0 aliphatic carbocycles. The molecule has 1 atom stereocenters. The predicted octanol–water partition coefficient (Wildman–Crippen LogP) is 1.31. The van der Waals surface area contributed by atoms with Crippen molar-refractivity contribution in [3.8, 4) is 0 Å². The van der Waals surface area contributed by atoms with Gasteiger partial charge in [0, 0.05) is 27.1 Å². The molecule has 0 fully saturated rings. The molecule has 0 aromatic rings. The van der Waals surface area contributed by atoms with Gasteiger partial charge in [-0.05, 0) is 19.8 Å². The molecule has 6 heteroatoms. The minimum atomic E-state index is -0.771. The van der Waals surface area contributed by atoms with Crippen LogP contribution in [0.2, 0.25) is 0 Å². The van der Waals surface area contributed by atoms with E-state index in [0.29, 0.717) is 19.6 Å². The van der Waals surface area contributed by atoms with Gasteiger partial charge < -0.3 is 20.1 Å². The van der Waals surface area contributed by atoms with Gasteiger partial charge in [-0.3, -0.25) is 4.79 Å². The highest BCUT2D eigenvalue weighted by molar-refractivity contribution is 5.74. The number of methoxy groups -OCH3 is 1. The number of unbranched alkanes of at least 4 members (excludes halogenated alkanes) is 2. The van der Waals surface area contributed by atoms with E-state index in [2.05, 4.69) is 5.32 Å². The van der Waals surface area contributed by atoms with Gasteiger partial charge in [-0.15, -0.1) is 0 Å². The van der Waals surface area contributed by atoms with Crippen molar-refractivity contribution < 1.29 is 19.4 Å². The van der Waals surface area contributed by atoms with Crippen LogP contribution in [0.1, 0.15) is 32.6 Å². The first kappa shape index (κ1) is 16.7. The highest BCUT2D eigenvalue weighted by atomic mass is 16.5. The molecule has 2 amide bonds. The molecule has 0 saturated carbocycles. The maximum Gasteiger partial charge on any atom is 0.317 e. The molecule has 6 nitrogen and oxygen atoms in total. The van der Waals surface area contributed by atoms with Crippen LogP contribution >= 0.6 is 0 Å². The Morgan fingerprint density at radius 3 is 2.56 bits per heavy atom. The Labute approximate surface area is 108 Å². The van der Waals surface area contributed by atoms with Crippen molar-refractivity contribution in [3.05, 3.63) is 0 Å². The molecule has 0 aromatic heterocycles. The Hall–Kier alpha value is -1.30. The molecule has 0 rings (SSSR count). The number of carboxylic acids is 1. The number of carbonyl (C=O) groups excluding carboxylic acids is 1. The van der Waals surface area contributed by atoms with Gasteiger partial charge in [-0.25, -0.2) is 4.79 Å². The summed E-state index contributed by atoms with van der Waals surface area (Å²) in [6.07, 6.45) is 2.45. The number of nitrogens with one attached hydrogen (secondary N) is 1. The molecule has 0 heterocycles. The summed E-state index contributed by atoms with van der Waals surface area (Å²) < 4.78 is 4.98. The minimum Gasteiger partial charge on any atom is -0.481 e. The lowest BCUT2D eigenvalue weighted by atomic mass is 10.2. The Morgan fingerprint density at radius 1 is 1.33 bits per heavy atom. The average Bonchev–Trinajstić information content (AvgIpc) is 2.32. The molecule has 2 N–H and O–H groups in total. The smallest absolute Gasteiger partial charge is 0.317 e. The zero-order valence-electron chi connectivity index (χ0n) is 11.4. The lowest BCUT2D eigenvalue weighted by molar-refractivity contribution is -0.137. The van der Waals surface area contributed by atoms with Crippen LogP contribution in [0.25, 0.3) is 0 Å². The summed E-state index contributed by atoms with van der Waals surface area (Å²) in [5.41, 5.74) is 0. The predicted molar refractivity (Wildman–Crippen MR) is 68.6 cm³/mol. The van der Waals surface area contributed by atoms with E-state index >= 15 is 0 Å². The third-order valence-electron chi connectivity index (χ3n) is 2.73. The largest absolute Gasteiger partial charge is 0.481 e. The van der Waals surface area contributed by atoms with Crippen LogP contribution in [0.15, 0.2) is 0 Å². The van der Waals surface area contributed by atoms with Crippen molar-refractivity contribution in [1.29, 1.82) is 0 Å². The number of ether oxygens (including phenoxy) is 1. The van der Waals surface area contributed by atoms with Crippen molar-refractivity contribution in [3.63, 3.8) is 0 Å². The van der Waals surface area contributed by atoms with Crippen molar-refractivity contribution in [2.75, 3.05) is 27.3 Å². The van der Waals surface area contributed by atoms with Crippen LogP contribution in [0.5, 0.6) is 0 Å². The SMILES string of the molecule is COCC(C)N(C)C(=O)NCCCCCC(=O)O. The lowest BCUT2D eigenvalue weighted by Gasteiger charge is -2.24. The van der Waals surface area contributed by atoms with E-state index in [4.69, 9.17) is 9.84 Å². The number of hydrogen-bond acceptors (Lipinski definition) is 3. The molecule has 0 aliphatic heterocycles. The quantitative estimate of drug-likeness (QED) is 0.613. The van der Waals surface area contributed by atoms with E-state index in [9.17, 15) is 9.59 Å². The number of carboxylic acid groups (broad SMARTS) is 1. The molecule has 0 aliphatic rings.